The Morgan fingerprint density at radius 1 is 0.857 bits per heavy atom. The van der Waals surface area contributed by atoms with Gasteiger partial charge in [-0.25, -0.2) is 0 Å². The van der Waals surface area contributed by atoms with Gasteiger partial charge in [0.2, 0.25) is 0 Å². The van der Waals surface area contributed by atoms with Crippen LogP contribution in [0.3, 0.4) is 0 Å². The lowest BCUT2D eigenvalue weighted by atomic mass is 9.80. The molecule has 86 valence electrons. The average molecular weight is 202 g/mol. The summed E-state index contributed by atoms with van der Waals surface area (Å²) in [6.45, 7) is 4.80. The van der Waals surface area contributed by atoms with Crippen LogP contribution >= 0.6 is 0 Å². The Morgan fingerprint density at radius 2 is 1.36 bits per heavy atom. The van der Waals surface area contributed by atoms with Crippen LogP contribution in [0, 0.1) is 5.41 Å². The molecule has 0 fully saturated rings. The van der Waals surface area contributed by atoms with Crippen molar-refractivity contribution in [2.75, 3.05) is 6.54 Å². The zero-order valence-corrected chi connectivity index (χ0v) is 9.55. The van der Waals surface area contributed by atoms with E-state index in [2.05, 4.69) is 0 Å². The van der Waals surface area contributed by atoms with Crippen molar-refractivity contribution in [2.24, 2.45) is 28.3 Å². The van der Waals surface area contributed by atoms with Gasteiger partial charge >= 0.3 is 0 Å². The minimum Gasteiger partial charge on any atom is -0.330 e. The molecule has 0 rings (SSSR count). The quantitative estimate of drug-likeness (QED) is 0.355. The van der Waals surface area contributed by atoms with Crippen LogP contribution in [0.5, 0.6) is 0 Å². The van der Waals surface area contributed by atoms with Crippen LogP contribution in [0.1, 0.15) is 46.0 Å². The van der Waals surface area contributed by atoms with Crippen LogP contribution in [-0.4, -0.2) is 12.3 Å². The van der Waals surface area contributed by atoms with E-state index in [1.807, 2.05) is 13.8 Å². The first-order chi connectivity index (χ1) is 6.31. The van der Waals surface area contributed by atoms with Crippen LogP contribution in [0.4, 0.5) is 0 Å². The molecule has 0 aromatic rings. The second-order valence-electron chi connectivity index (χ2n) is 4.77. The van der Waals surface area contributed by atoms with E-state index >= 15 is 0 Å². The summed E-state index contributed by atoms with van der Waals surface area (Å²) in [6.07, 6.45) is 5.52. The molecule has 0 spiro atoms. The fraction of sp³-hybridized carbons (Fsp3) is 1.00. The highest BCUT2D eigenvalue weighted by Gasteiger charge is 2.33. The maximum atomic E-state index is 5.69. The molecule has 0 radical (unpaired) electrons. The molecule has 0 saturated heterocycles. The summed E-state index contributed by atoms with van der Waals surface area (Å²) in [5.74, 6) is -1.08. The summed E-state index contributed by atoms with van der Waals surface area (Å²) in [5, 5.41) is 0. The molecule has 4 nitrogen and oxygen atoms in total. The summed E-state index contributed by atoms with van der Waals surface area (Å²) in [4.78, 5) is 0. The van der Waals surface area contributed by atoms with Gasteiger partial charge in [-0.15, -0.1) is 0 Å². The van der Waals surface area contributed by atoms with E-state index in [0.717, 1.165) is 25.8 Å². The zero-order chi connectivity index (χ0) is 11.2. The third kappa shape index (κ3) is 4.91. The Balaban J connectivity index is 3.67. The first-order valence-electron chi connectivity index (χ1n) is 5.38. The SMILES string of the molecule is CC(C)(CCCCCCN)C(N)(N)N. The molecule has 8 N–H and O–H groups in total. The molecule has 0 aliphatic carbocycles. The molecule has 0 heterocycles. The van der Waals surface area contributed by atoms with E-state index < -0.39 is 5.79 Å². The van der Waals surface area contributed by atoms with Crippen LogP contribution < -0.4 is 22.9 Å². The molecule has 0 saturated carbocycles. The molecular formula is C10H26N4. The third-order valence-electron chi connectivity index (χ3n) is 2.93. The summed E-state index contributed by atoms with van der Waals surface area (Å²) in [5.41, 5.74) is 22.3. The smallest absolute Gasteiger partial charge is 0.121 e. The molecule has 0 bridgehead atoms. The minimum atomic E-state index is -1.08. The fourth-order valence-electron chi connectivity index (χ4n) is 1.28. The molecule has 0 aliphatic rings. The van der Waals surface area contributed by atoms with Crippen molar-refractivity contribution in [1.82, 2.24) is 0 Å². The van der Waals surface area contributed by atoms with Gasteiger partial charge in [0, 0.05) is 5.41 Å². The van der Waals surface area contributed by atoms with Crippen LogP contribution in [0.2, 0.25) is 0 Å². The van der Waals surface area contributed by atoms with Gasteiger partial charge in [-0.2, -0.15) is 0 Å². The largest absolute Gasteiger partial charge is 0.330 e. The standard InChI is InChI=1S/C10H26N4/c1-9(2,10(12,13)14)7-5-3-4-6-8-11/h3-8,11-14H2,1-2H3. The molecule has 0 atom stereocenters. The van der Waals surface area contributed by atoms with Crippen molar-refractivity contribution in [3.05, 3.63) is 0 Å². The maximum Gasteiger partial charge on any atom is 0.121 e. The molecular weight excluding hydrogens is 176 g/mol. The molecule has 0 aromatic carbocycles. The van der Waals surface area contributed by atoms with Gasteiger partial charge < -0.3 is 22.9 Å². The zero-order valence-electron chi connectivity index (χ0n) is 9.55. The van der Waals surface area contributed by atoms with E-state index in [1.54, 1.807) is 0 Å². The van der Waals surface area contributed by atoms with Crippen molar-refractivity contribution in [3.63, 3.8) is 0 Å². The van der Waals surface area contributed by atoms with Crippen molar-refractivity contribution in [3.8, 4) is 0 Å². The Morgan fingerprint density at radius 3 is 1.79 bits per heavy atom. The van der Waals surface area contributed by atoms with Gasteiger partial charge in [-0.05, 0) is 19.4 Å². The van der Waals surface area contributed by atoms with Crippen LogP contribution in [0.15, 0.2) is 0 Å². The first kappa shape index (κ1) is 13.8. The van der Waals surface area contributed by atoms with Gasteiger partial charge in [0.25, 0.3) is 0 Å². The van der Waals surface area contributed by atoms with Crippen molar-refractivity contribution >= 4 is 0 Å². The first-order valence-corrected chi connectivity index (χ1v) is 5.38. The number of hydrogen-bond acceptors (Lipinski definition) is 4. The highest BCUT2D eigenvalue weighted by atomic mass is 15.1. The van der Waals surface area contributed by atoms with E-state index in [9.17, 15) is 0 Å². The Hall–Kier alpha value is -0.160. The van der Waals surface area contributed by atoms with E-state index in [-0.39, 0.29) is 5.41 Å². The van der Waals surface area contributed by atoms with Crippen molar-refractivity contribution < 1.29 is 0 Å². The lowest BCUT2D eigenvalue weighted by Gasteiger charge is -2.37. The number of unbranched alkanes of at least 4 members (excludes halogenated alkanes) is 3. The van der Waals surface area contributed by atoms with Gasteiger partial charge in [0.05, 0.1) is 0 Å². The van der Waals surface area contributed by atoms with Gasteiger partial charge in [0.15, 0.2) is 0 Å². The summed E-state index contributed by atoms with van der Waals surface area (Å²) in [6, 6.07) is 0. The monoisotopic (exact) mass is 202 g/mol. The van der Waals surface area contributed by atoms with E-state index in [1.165, 1.54) is 12.8 Å². The predicted octanol–water partition coefficient (Wildman–Crippen LogP) is 0.452. The Bertz CT molecular complexity index is 149. The summed E-state index contributed by atoms with van der Waals surface area (Å²) < 4.78 is 0. The molecule has 0 aliphatic heterocycles. The Labute approximate surface area is 87.4 Å². The lowest BCUT2D eigenvalue weighted by molar-refractivity contribution is 0.156. The molecule has 0 aromatic heterocycles. The molecule has 4 heteroatoms. The topological polar surface area (TPSA) is 104 Å². The van der Waals surface area contributed by atoms with Crippen LogP contribution in [-0.2, 0) is 0 Å². The number of rotatable bonds is 7. The van der Waals surface area contributed by atoms with Gasteiger partial charge in [0.1, 0.15) is 5.79 Å². The number of hydrogen-bond donors (Lipinski definition) is 4. The highest BCUT2D eigenvalue weighted by molar-refractivity contribution is 4.87. The summed E-state index contributed by atoms with van der Waals surface area (Å²) in [7, 11) is 0. The fourth-order valence-corrected chi connectivity index (χ4v) is 1.28. The highest BCUT2D eigenvalue weighted by Crippen LogP contribution is 2.28. The second-order valence-corrected chi connectivity index (χ2v) is 4.77. The number of nitrogens with two attached hydrogens (primary N) is 4. The van der Waals surface area contributed by atoms with Gasteiger partial charge in [-0.3, -0.25) is 0 Å². The molecule has 0 unspecified atom stereocenters. The van der Waals surface area contributed by atoms with E-state index in [0.29, 0.717) is 0 Å². The maximum absolute atomic E-state index is 5.69. The van der Waals surface area contributed by atoms with Crippen molar-refractivity contribution in [1.29, 1.82) is 0 Å². The van der Waals surface area contributed by atoms with Crippen LogP contribution in [0.25, 0.3) is 0 Å². The Kier molecular flexibility index (Phi) is 5.59. The molecule has 0 amide bonds. The normalized spacial score (nSPS) is 13.3. The van der Waals surface area contributed by atoms with Crippen molar-refractivity contribution in [2.45, 2.75) is 51.7 Å². The summed E-state index contributed by atoms with van der Waals surface area (Å²) >= 11 is 0. The van der Waals surface area contributed by atoms with E-state index in [4.69, 9.17) is 22.9 Å². The second kappa shape index (κ2) is 5.66. The lowest BCUT2D eigenvalue weighted by Crippen LogP contribution is -2.67. The average Bonchev–Trinajstić information content (AvgIpc) is 2.02. The third-order valence-corrected chi connectivity index (χ3v) is 2.93. The molecule has 14 heavy (non-hydrogen) atoms. The minimum absolute atomic E-state index is 0.213. The predicted molar refractivity (Wildman–Crippen MR) is 61.2 cm³/mol. The van der Waals surface area contributed by atoms with Gasteiger partial charge in [-0.1, -0.05) is 33.1 Å².